The lowest BCUT2D eigenvalue weighted by molar-refractivity contribution is -0.117. The van der Waals surface area contributed by atoms with E-state index in [0.29, 0.717) is 16.5 Å². The molecule has 25 heavy (non-hydrogen) atoms. The van der Waals surface area contributed by atoms with Crippen LogP contribution >= 0.6 is 0 Å². The smallest absolute Gasteiger partial charge is 0.245 e. The van der Waals surface area contributed by atoms with Gasteiger partial charge >= 0.3 is 0 Å². The molecule has 7 heteroatoms. The van der Waals surface area contributed by atoms with E-state index in [2.05, 4.69) is 5.32 Å². The number of ether oxygens (including phenoxy) is 1. The van der Waals surface area contributed by atoms with Crippen LogP contribution < -0.4 is 21.0 Å². The van der Waals surface area contributed by atoms with E-state index in [4.69, 9.17) is 10.5 Å². The molecule has 0 saturated carbocycles. The molecule has 0 radical (unpaired) electrons. The molecule has 0 heterocycles. The first-order valence-electron chi connectivity index (χ1n) is 7.83. The van der Waals surface area contributed by atoms with E-state index in [0.717, 1.165) is 12.1 Å². The summed E-state index contributed by atoms with van der Waals surface area (Å²) in [5.41, 5.74) is 6.23. The van der Waals surface area contributed by atoms with Crippen molar-refractivity contribution in [1.82, 2.24) is 0 Å². The van der Waals surface area contributed by atoms with E-state index in [9.17, 15) is 13.6 Å². The first-order chi connectivity index (χ1) is 11.6. The minimum Gasteiger partial charge on any atom is -0.497 e. The van der Waals surface area contributed by atoms with Crippen molar-refractivity contribution in [2.24, 2.45) is 5.73 Å². The van der Waals surface area contributed by atoms with E-state index in [1.54, 1.807) is 24.3 Å². The van der Waals surface area contributed by atoms with Crippen LogP contribution in [0.3, 0.4) is 0 Å². The monoisotopic (exact) mass is 364 g/mol. The van der Waals surface area contributed by atoms with Gasteiger partial charge in [0, 0.05) is 6.07 Å². The van der Waals surface area contributed by atoms with Gasteiger partial charge in [-0.2, -0.15) is 0 Å². The molecule has 1 amide bonds. The highest BCUT2D eigenvalue weighted by atomic mass is 28.3. The van der Waals surface area contributed by atoms with Crippen LogP contribution in [0.25, 0.3) is 0 Å². The molecule has 134 valence electrons. The number of hydrogen-bond acceptors (Lipinski definition) is 3. The molecule has 4 nitrogen and oxygen atoms in total. The SMILES string of the molecule is COc1ccc([C@@H](N)C(=O)Nc2cc(F)c([Si](C)(C)C)cc2F)cc1. The molecule has 1 atom stereocenters. The number of rotatable bonds is 5. The highest BCUT2D eigenvalue weighted by molar-refractivity contribution is 6.88. The van der Waals surface area contributed by atoms with E-state index >= 15 is 0 Å². The Morgan fingerprint density at radius 1 is 1.12 bits per heavy atom. The van der Waals surface area contributed by atoms with E-state index in [1.807, 2.05) is 19.6 Å². The maximum atomic E-state index is 14.3. The van der Waals surface area contributed by atoms with Crippen LogP contribution in [-0.2, 0) is 4.79 Å². The molecule has 3 N–H and O–H groups in total. The minimum absolute atomic E-state index is 0.214. The minimum atomic E-state index is -2.02. The second kappa shape index (κ2) is 7.33. The molecule has 0 bridgehead atoms. The highest BCUT2D eigenvalue weighted by Gasteiger charge is 2.24. The van der Waals surface area contributed by atoms with Crippen molar-refractivity contribution in [3.05, 3.63) is 53.6 Å². The maximum absolute atomic E-state index is 14.3. The van der Waals surface area contributed by atoms with E-state index in [1.165, 1.54) is 7.11 Å². The van der Waals surface area contributed by atoms with Gasteiger partial charge < -0.3 is 15.8 Å². The fourth-order valence-corrected chi connectivity index (χ4v) is 3.74. The number of methoxy groups -OCH3 is 1. The van der Waals surface area contributed by atoms with Crippen molar-refractivity contribution in [2.75, 3.05) is 12.4 Å². The van der Waals surface area contributed by atoms with Gasteiger partial charge in [-0.25, -0.2) is 8.78 Å². The van der Waals surface area contributed by atoms with Crippen LogP contribution in [0.2, 0.25) is 19.6 Å². The molecule has 0 fully saturated rings. The molecule has 0 aliphatic rings. The molecule has 0 saturated heterocycles. The summed E-state index contributed by atoms with van der Waals surface area (Å²) in [6.07, 6.45) is 0. The summed E-state index contributed by atoms with van der Waals surface area (Å²) in [5.74, 6) is -1.18. The van der Waals surface area contributed by atoms with Gasteiger partial charge in [0.15, 0.2) is 0 Å². The van der Waals surface area contributed by atoms with Crippen molar-refractivity contribution in [1.29, 1.82) is 0 Å². The molecule has 2 rings (SSSR count). The third-order valence-electron chi connectivity index (χ3n) is 3.88. The van der Waals surface area contributed by atoms with Gasteiger partial charge in [-0.05, 0) is 28.9 Å². The summed E-state index contributed by atoms with van der Waals surface area (Å²) in [6.45, 7) is 5.76. The van der Waals surface area contributed by atoms with Gasteiger partial charge in [-0.1, -0.05) is 31.8 Å². The Kier molecular flexibility index (Phi) is 5.59. The van der Waals surface area contributed by atoms with E-state index in [-0.39, 0.29) is 5.69 Å². The Morgan fingerprint density at radius 3 is 2.24 bits per heavy atom. The molecule has 0 aliphatic carbocycles. The van der Waals surface area contributed by atoms with Crippen molar-refractivity contribution in [2.45, 2.75) is 25.7 Å². The number of carbonyl (C=O) groups excluding carboxylic acids is 1. The van der Waals surface area contributed by atoms with Gasteiger partial charge in [0.1, 0.15) is 23.4 Å². The molecular formula is C18H22F2N2O2Si. The summed E-state index contributed by atoms with van der Waals surface area (Å²) < 4.78 is 33.6. The Morgan fingerprint density at radius 2 is 1.72 bits per heavy atom. The predicted molar refractivity (Wildman–Crippen MR) is 97.9 cm³/mol. The summed E-state index contributed by atoms with van der Waals surface area (Å²) in [4.78, 5) is 12.3. The van der Waals surface area contributed by atoms with Crippen LogP contribution in [0.4, 0.5) is 14.5 Å². The van der Waals surface area contributed by atoms with Crippen molar-refractivity contribution in [3.8, 4) is 5.75 Å². The number of nitrogens with one attached hydrogen (secondary N) is 1. The first-order valence-corrected chi connectivity index (χ1v) is 11.3. The lowest BCUT2D eigenvalue weighted by Gasteiger charge is -2.19. The number of halogens is 2. The number of hydrogen-bond donors (Lipinski definition) is 2. The summed E-state index contributed by atoms with van der Waals surface area (Å²) in [7, 11) is -0.489. The third-order valence-corrected chi connectivity index (χ3v) is 5.88. The molecule has 0 aromatic heterocycles. The van der Waals surface area contributed by atoms with Gasteiger partial charge in [0.25, 0.3) is 0 Å². The highest BCUT2D eigenvalue weighted by Crippen LogP contribution is 2.21. The fourth-order valence-electron chi connectivity index (χ4n) is 2.39. The molecule has 2 aromatic carbocycles. The fraction of sp³-hybridized carbons (Fsp3) is 0.278. The van der Waals surface area contributed by atoms with Crippen LogP contribution in [-0.4, -0.2) is 21.1 Å². The number of amides is 1. The number of nitrogens with two attached hydrogens (primary N) is 1. The zero-order valence-corrected chi connectivity index (χ0v) is 15.7. The number of anilines is 1. The third kappa shape index (κ3) is 4.43. The largest absolute Gasteiger partial charge is 0.497 e. The zero-order valence-electron chi connectivity index (χ0n) is 14.7. The van der Waals surface area contributed by atoms with Crippen molar-refractivity contribution < 1.29 is 18.3 Å². The molecular weight excluding hydrogens is 342 g/mol. The zero-order chi connectivity index (χ0) is 18.8. The first kappa shape index (κ1) is 19.1. The summed E-state index contributed by atoms with van der Waals surface area (Å²) >= 11 is 0. The van der Waals surface area contributed by atoms with Crippen LogP contribution in [0.15, 0.2) is 36.4 Å². The van der Waals surface area contributed by atoms with Gasteiger partial charge in [0.2, 0.25) is 5.91 Å². The average Bonchev–Trinajstić information content (AvgIpc) is 2.56. The lowest BCUT2D eigenvalue weighted by atomic mass is 10.1. The Hall–Kier alpha value is -2.25. The van der Waals surface area contributed by atoms with E-state index < -0.39 is 31.7 Å². The van der Waals surface area contributed by atoms with Gasteiger partial charge in [0.05, 0.1) is 20.9 Å². The normalized spacial score (nSPS) is 12.6. The van der Waals surface area contributed by atoms with Crippen molar-refractivity contribution >= 4 is 24.9 Å². The summed E-state index contributed by atoms with van der Waals surface area (Å²) in [5, 5.41) is 2.74. The van der Waals surface area contributed by atoms with Gasteiger partial charge in [-0.15, -0.1) is 0 Å². The molecule has 0 unspecified atom stereocenters. The predicted octanol–water partition coefficient (Wildman–Crippen LogP) is 3.16. The number of benzene rings is 2. The topological polar surface area (TPSA) is 64.3 Å². The Bertz CT molecular complexity index is 774. The van der Waals surface area contributed by atoms with Gasteiger partial charge in [-0.3, -0.25) is 4.79 Å². The average molecular weight is 364 g/mol. The second-order valence-electron chi connectivity index (χ2n) is 6.80. The molecule has 0 spiro atoms. The lowest BCUT2D eigenvalue weighted by Crippen LogP contribution is -2.40. The standard InChI is InChI=1S/C18H22F2N2O2Si/c1-24-12-7-5-11(6-8-12)17(21)18(23)22-15-9-14(20)16(10-13(15)19)25(2,3)4/h5-10,17H,21H2,1-4H3,(H,22,23)/t17-/m1/s1. The molecule has 2 aromatic rings. The van der Waals surface area contributed by atoms with Crippen LogP contribution in [0, 0.1) is 11.6 Å². The maximum Gasteiger partial charge on any atom is 0.245 e. The van der Waals surface area contributed by atoms with Crippen LogP contribution in [0.1, 0.15) is 11.6 Å². The van der Waals surface area contributed by atoms with Crippen LogP contribution in [0.5, 0.6) is 5.75 Å². The number of carbonyl (C=O) groups is 1. The second-order valence-corrected chi connectivity index (χ2v) is 11.8. The molecule has 0 aliphatic heterocycles. The Balaban J connectivity index is 2.20. The quantitative estimate of drug-likeness (QED) is 0.801. The Labute approximate surface area is 147 Å². The van der Waals surface area contributed by atoms with Crippen molar-refractivity contribution in [3.63, 3.8) is 0 Å². The summed E-state index contributed by atoms with van der Waals surface area (Å²) in [6, 6.07) is 7.81.